The predicted octanol–water partition coefficient (Wildman–Crippen LogP) is 2.07. The third kappa shape index (κ3) is 1.95. The smallest absolute Gasteiger partial charge is 0.309 e. The van der Waals surface area contributed by atoms with Crippen LogP contribution in [0.2, 0.25) is 0 Å². The van der Waals surface area contributed by atoms with Crippen molar-refractivity contribution < 1.29 is 9.90 Å². The van der Waals surface area contributed by atoms with E-state index in [1.54, 1.807) is 0 Å². The van der Waals surface area contributed by atoms with Crippen molar-refractivity contribution in [2.24, 2.45) is 5.92 Å². The van der Waals surface area contributed by atoms with E-state index in [2.05, 4.69) is 30.9 Å². The van der Waals surface area contributed by atoms with Crippen molar-refractivity contribution >= 4 is 5.97 Å². The van der Waals surface area contributed by atoms with E-state index < -0.39 is 5.97 Å². The molecular weight excluding hydrogens is 202 g/mol. The molecular formula is C13H17NO2. The molecule has 0 saturated carbocycles. The minimum atomic E-state index is -0.673. The number of carboxylic acids is 1. The summed E-state index contributed by atoms with van der Waals surface area (Å²) in [7, 11) is 0. The van der Waals surface area contributed by atoms with Crippen LogP contribution in [0.3, 0.4) is 0 Å². The molecule has 1 aromatic carbocycles. The van der Waals surface area contributed by atoms with Gasteiger partial charge in [0.05, 0.1) is 5.92 Å². The van der Waals surface area contributed by atoms with E-state index in [9.17, 15) is 4.79 Å². The standard InChI is InChI=1S/C13H17NO2/c1-9-5-3-4-6-12(9)10(2)14-7-11(8-14)13(15)16/h3-6,10-11H,7-8H2,1-2H3,(H,15,16). The van der Waals surface area contributed by atoms with Gasteiger partial charge >= 0.3 is 5.97 Å². The maximum absolute atomic E-state index is 10.7. The summed E-state index contributed by atoms with van der Waals surface area (Å²) in [5.41, 5.74) is 2.57. The molecule has 1 N–H and O–H groups in total. The summed E-state index contributed by atoms with van der Waals surface area (Å²) >= 11 is 0. The van der Waals surface area contributed by atoms with E-state index in [4.69, 9.17) is 5.11 Å². The third-order valence-electron chi connectivity index (χ3n) is 3.45. The first kappa shape index (κ1) is 11.1. The average molecular weight is 219 g/mol. The van der Waals surface area contributed by atoms with Crippen molar-refractivity contribution in [1.29, 1.82) is 0 Å². The van der Waals surface area contributed by atoms with Gasteiger partial charge in [0.25, 0.3) is 0 Å². The number of hydrogen-bond donors (Lipinski definition) is 1. The normalized spacial score (nSPS) is 19.1. The zero-order valence-electron chi connectivity index (χ0n) is 9.68. The first-order chi connectivity index (χ1) is 7.59. The van der Waals surface area contributed by atoms with Crippen molar-refractivity contribution in [1.82, 2.24) is 4.90 Å². The van der Waals surface area contributed by atoms with Gasteiger partial charge in [0, 0.05) is 19.1 Å². The lowest BCUT2D eigenvalue weighted by Crippen LogP contribution is -2.51. The Morgan fingerprint density at radius 1 is 1.44 bits per heavy atom. The Labute approximate surface area is 95.7 Å². The van der Waals surface area contributed by atoms with Crippen LogP contribution < -0.4 is 0 Å². The van der Waals surface area contributed by atoms with Gasteiger partial charge in [-0.3, -0.25) is 9.69 Å². The molecule has 0 aromatic heterocycles. The Morgan fingerprint density at radius 2 is 2.06 bits per heavy atom. The summed E-state index contributed by atoms with van der Waals surface area (Å²) < 4.78 is 0. The molecule has 0 spiro atoms. The number of hydrogen-bond acceptors (Lipinski definition) is 2. The number of nitrogens with zero attached hydrogens (tertiary/aromatic N) is 1. The first-order valence-electron chi connectivity index (χ1n) is 5.62. The van der Waals surface area contributed by atoms with E-state index in [1.165, 1.54) is 11.1 Å². The van der Waals surface area contributed by atoms with E-state index in [-0.39, 0.29) is 5.92 Å². The Hall–Kier alpha value is -1.35. The summed E-state index contributed by atoms with van der Waals surface area (Å²) in [6.45, 7) is 5.58. The molecule has 3 heteroatoms. The first-order valence-corrected chi connectivity index (χ1v) is 5.62. The molecule has 2 rings (SSSR count). The Balaban J connectivity index is 2.03. The second-order valence-corrected chi connectivity index (χ2v) is 4.52. The molecule has 86 valence electrons. The molecule has 0 amide bonds. The Kier molecular flexibility index (Phi) is 2.97. The lowest BCUT2D eigenvalue weighted by atomic mass is 9.93. The van der Waals surface area contributed by atoms with Crippen molar-refractivity contribution in [3.63, 3.8) is 0 Å². The van der Waals surface area contributed by atoms with Crippen LogP contribution in [0.15, 0.2) is 24.3 Å². The summed E-state index contributed by atoms with van der Waals surface area (Å²) in [6.07, 6.45) is 0. The quantitative estimate of drug-likeness (QED) is 0.846. The fraction of sp³-hybridized carbons (Fsp3) is 0.462. The summed E-state index contributed by atoms with van der Waals surface area (Å²) in [5.74, 6) is -0.847. The molecule has 0 aliphatic carbocycles. The minimum absolute atomic E-state index is 0.175. The second kappa shape index (κ2) is 4.26. The largest absolute Gasteiger partial charge is 0.481 e. The van der Waals surface area contributed by atoms with E-state index in [0.717, 1.165) is 0 Å². The molecule has 1 saturated heterocycles. The number of aryl methyl sites for hydroxylation is 1. The van der Waals surface area contributed by atoms with Gasteiger partial charge in [-0.05, 0) is 25.0 Å². The van der Waals surface area contributed by atoms with Gasteiger partial charge in [0.2, 0.25) is 0 Å². The van der Waals surface area contributed by atoms with Crippen LogP contribution in [0.5, 0.6) is 0 Å². The molecule has 1 aliphatic heterocycles. The lowest BCUT2D eigenvalue weighted by Gasteiger charge is -2.41. The van der Waals surface area contributed by atoms with Crippen LogP contribution in [0.1, 0.15) is 24.1 Å². The zero-order valence-corrected chi connectivity index (χ0v) is 9.68. The van der Waals surface area contributed by atoms with Gasteiger partial charge in [-0.15, -0.1) is 0 Å². The summed E-state index contributed by atoms with van der Waals surface area (Å²) in [6, 6.07) is 8.60. The highest BCUT2D eigenvalue weighted by molar-refractivity contribution is 5.71. The lowest BCUT2D eigenvalue weighted by molar-refractivity contribution is -0.148. The number of carbonyl (C=O) groups is 1. The zero-order chi connectivity index (χ0) is 11.7. The molecule has 3 nitrogen and oxygen atoms in total. The number of rotatable bonds is 3. The van der Waals surface area contributed by atoms with Crippen LogP contribution in [0.4, 0.5) is 0 Å². The second-order valence-electron chi connectivity index (χ2n) is 4.52. The highest BCUT2D eigenvalue weighted by Crippen LogP contribution is 2.29. The molecule has 0 radical (unpaired) electrons. The predicted molar refractivity (Wildman–Crippen MR) is 62.3 cm³/mol. The number of carboxylic acid groups (broad SMARTS) is 1. The maximum atomic E-state index is 10.7. The SMILES string of the molecule is Cc1ccccc1C(C)N1CC(C(=O)O)C1. The Morgan fingerprint density at radius 3 is 2.62 bits per heavy atom. The van der Waals surface area contributed by atoms with E-state index >= 15 is 0 Å². The highest BCUT2D eigenvalue weighted by atomic mass is 16.4. The van der Waals surface area contributed by atoms with Crippen LogP contribution in [-0.2, 0) is 4.79 Å². The van der Waals surface area contributed by atoms with Crippen molar-refractivity contribution in [3.05, 3.63) is 35.4 Å². The maximum Gasteiger partial charge on any atom is 0.309 e. The molecule has 1 unspecified atom stereocenters. The monoisotopic (exact) mass is 219 g/mol. The number of likely N-dealkylation sites (tertiary alicyclic amines) is 1. The fourth-order valence-corrected chi connectivity index (χ4v) is 2.24. The topological polar surface area (TPSA) is 40.5 Å². The van der Waals surface area contributed by atoms with Crippen molar-refractivity contribution in [2.45, 2.75) is 19.9 Å². The Bertz CT molecular complexity index is 397. The molecule has 16 heavy (non-hydrogen) atoms. The van der Waals surface area contributed by atoms with Crippen molar-refractivity contribution in [2.75, 3.05) is 13.1 Å². The molecule has 0 bridgehead atoms. The highest BCUT2D eigenvalue weighted by Gasteiger charge is 2.35. The molecule has 1 fully saturated rings. The number of benzene rings is 1. The van der Waals surface area contributed by atoms with Gasteiger partial charge in [-0.2, -0.15) is 0 Å². The minimum Gasteiger partial charge on any atom is -0.481 e. The molecule has 1 atom stereocenters. The molecule has 1 aromatic rings. The molecule has 1 heterocycles. The van der Waals surface area contributed by atoms with Gasteiger partial charge in [-0.1, -0.05) is 24.3 Å². The average Bonchev–Trinajstić information content (AvgIpc) is 2.15. The van der Waals surface area contributed by atoms with E-state index in [0.29, 0.717) is 19.1 Å². The fourth-order valence-electron chi connectivity index (χ4n) is 2.24. The van der Waals surface area contributed by atoms with Crippen molar-refractivity contribution in [3.8, 4) is 0 Å². The van der Waals surface area contributed by atoms with E-state index in [1.807, 2.05) is 12.1 Å². The van der Waals surface area contributed by atoms with Crippen LogP contribution >= 0.6 is 0 Å². The van der Waals surface area contributed by atoms with Crippen LogP contribution in [-0.4, -0.2) is 29.1 Å². The number of aliphatic carboxylic acids is 1. The van der Waals surface area contributed by atoms with Gasteiger partial charge in [0.1, 0.15) is 0 Å². The van der Waals surface area contributed by atoms with Gasteiger partial charge in [0.15, 0.2) is 0 Å². The third-order valence-corrected chi connectivity index (χ3v) is 3.45. The van der Waals surface area contributed by atoms with Crippen LogP contribution in [0, 0.1) is 12.8 Å². The molecule has 1 aliphatic rings. The van der Waals surface area contributed by atoms with Gasteiger partial charge < -0.3 is 5.11 Å². The summed E-state index contributed by atoms with van der Waals surface area (Å²) in [5, 5.41) is 8.83. The van der Waals surface area contributed by atoms with Crippen LogP contribution in [0.25, 0.3) is 0 Å². The summed E-state index contributed by atoms with van der Waals surface area (Å²) in [4.78, 5) is 12.9. The van der Waals surface area contributed by atoms with Gasteiger partial charge in [-0.25, -0.2) is 0 Å².